The van der Waals surface area contributed by atoms with E-state index in [1.807, 2.05) is 19.6 Å². The molecule has 3 nitrogen and oxygen atoms in total. The third kappa shape index (κ3) is 2.35. The molecule has 1 N–H and O–H groups in total. The Morgan fingerprint density at radius 2 is 2.07 bits per heavy atom. The van der Waals surface area contributed by atoms with Crippen LogP contribution < -0.4 is 5.19 Å². The minimum absolute atomic E-state index is 0.0664. The van der Waals surface area contributed by atoms with E-state index in [1.54, 1.807) is 0 Å². The molecule has 0 aliphatic rings. The van der Waals surface area contributed by atoms with Crippen molar-refractivity contribution < 1.29 is 14.3 Å². The maximum Gasteiger partial charge on any atom is 0.340 e. The Bertz CT molecular complexity index is 417. The van der Waals surface area contributed by atoms with Gasteiger partial charge in [-0.1, -0.05) is 31.2 Å². The molecule has 0 bridgehead atoms. The van der Waals surface area contributed by atoms with Gasteiger partial charge in [0.25, 0.3) is 0 Å². The number of halogens is 2. The number of carboxylic acid groups (broad SMARTS) is 1. The zero-order valence-corrected chi connectivity index (χ0v) is 10.4. The quantitative estimate of drug-likeness (QED) is 0.643. The summed E-state index contributed by atoms with van der Waals surface area (Å²) >= 11 is 5.78. The number of hydrogen-bond donors (Lipinski definition) is 1. The number of carboxylic acids is 1. The summed E-state index contributed by atoms with van der Waals surface area (Å²) in [5, 5.41) is 9.07. The van der Waals surface area contributed by atoms with Crippen LogP contribution in [0.1, 0.15) is 10.4 Å². The van der Waals surface area contributed by atoms with Crippen molar-refractivity contribution >= 4 is 30.8 Å². The first-order valence-electron chi connectivity index (χ1n) is 4.33. The van der Waals surface area contributed by atoms with Crippen LogP contribution in [0.4, 0.5) is 4.39 Å². The average molecular weight is 248 g/mol. The molecule has 0 saturated carbocycles. The molecule has 0 atom stereocenters. The second-order valence-electron chi connectivity index (χ2n) is 4.21. The monoisotopic (exact) mass is 247 g/mol. The Hall–Kier alpha value is -0.943. The molecule has 0 aromatic carbocycles. The van der Waals surface area contributed by atoms with E-state index in [0.29, 0.717) is 0 Å². The lowest BCUT2D eigenvalue weighted by atomic mass is 10.3. The van der Waals surface area contributed by atoms with Gasteiger partial charge in [-0.15, -0.1) is 0 Å². The number of pyridine rings is 1. The number of aromatic nitrogens is 1. The standard InChI is InChI=1S/C9H11ClFNO2Si/c1-15(2,3)7-6(11)5(9(13)14)4-12-8(7)10/h4H,1-3H3,(H,13,14). The summed E-state index contributed by atoms with van der Waals surface area (Å²) in [7, 11) is -2.03. The molecule has 0 unspecified atom stereocenters. The van der Waals surface area contributed by atoms with Gasteiger partial charge in [0.05, 0.1) is 8.07 Å². The lowest BCUT2D eigenvalue weighted by Gasteiger charge is -2.19. The van der Waals surface area contributed by atoms with E-state index in [2.05, 4.69) is 4.98 Å². The third-order valence-corrected chi connectivity index (χ3v) is 4.35. The first-order chi connectivity index (χ1) is 6.75. The molecule has 0 saturated heterocycles. The van der Waals surface area contributed by atoms with Gasteiger partial charge in [0.1, 0.15) is 16.5 Å². The predicted octanol–water partition coefficient (Wildman–Crippen LogP) is 2.12. The van der Waals surface area contributed by atoms with Crippen molar-refractivity contribution in [2.45, 2.75) is 19.6 Å². The van der Waals surface area contributed by atoms with Crippen molar-refractivity contribution in [2.75, 3.05) is 0 Å². The third-order valence-electron chi connectivity index (χ3n) is 1.95. The van der Waals surface area contributed by atoms with Crippen molar-refractivity contribution in [3.8, 4) is 0 Å². The first kappa shape index (κ1) is 12.1. The highest BCUT2D eigenvalue weighted by molar-refractivity contribution is 6.90. The van der Waals surface area contributed by atoms with Crippen LogP contribution in [0.3, 0.4) is 0 Å². The molecule has 0 amide bonds. The molecule has 15 heavy (non-hydrogen) atoms. The molecule has 0 spiro atoms. The van der Waals surface area contributed by atoms with Gasteiger partial charge < -0.3 is 5.11 Å². The van der Waals surface area contributed by atoms with Crippen LogP contribution >= 0.6 is 11.6 Å². The minimum atomic E-state index is -2.03. The van der Waals surface area contributed by atoms with E-state index in [4.69, 9.17) is 16.7 Å². The summed E-state index contributed by atoms with van der Waals surface area (Å²) < 4.78 is 13.8. The number of rotatable bonds is 2. The van der Waals surface area contributed by atoms with E-state index in [1.165, 1.54) is 0 Å². The number of hydrogen-bond acceptors (Lipinski definition) is 2. The lowest BCUT2D eigenvalue weighted by Crippen LogP contribution is -2.42. The highest BCUT2D eigenvalue weighted by Gasteiger charge is 2.28. The van der Waals surface area contributed by atoms with Crippen molar-refractivity contribution in [3.63, 3.8) is 0 Å². The van der Waals surface area contributed by atoms with Crippen LogP contribution in [0.5, 0.6) is 0 Å². The van der Waals surface area contributed by atoms with Gasteiger partial charge in [0, 0.05) is 11.4 Å². The van der Waals surface area contributed by atoms with Crippen molar-refractivity contribution in [3.05, 3.63) is 22.7 Å². The average Bonchev–Trinajstić information content (AvgIpc) is 2.00. The van der Waals surface area contributed by atoms with Gasteiger partial charge in [-0.25, -0.2) is 14.2 Å². The molecule has 82 valence electrons. The van der Waals surface area contributed by atoms with Crippen LogP contribution in [0.25, 0.3) is 0 Å². The molecular formula is C9H11ClFNO2Si. The minimum Gasteiger partial charge on any atom is -0.478 e. The second kappa shape index (κ2) is 3.90. The van der Waals surface area contributed by atoms with Gasteiger partial charge in [-0.05, 0) is 0 Å². The smallest absolute Gasteiger partial charge is 0.340 e. The SMILES string of the molecule is C[Si](C)(C)c1c(Cl)ncc(C(=O)O)c1F. The summed E-state index contributed by atoms with van der Waals surface area (Å²) in [4.78, 5) is 14.4. The van der Waals surface area contributed by atoms with E-state index in [0.717, 1.165) is 6.20 Å². The highest BCUT2D eigenvalue weighted by atomic mass is 35.5. The van der Waals surface area contributed by atoms with Gasteiger partial charge >= 0.3 is 5.97 Å². The Morgan fingerprint density at radius 3 is 2.47 bits per heavy atom. The number of carbonyl (C=O) groups is 1. The van der Waals surface area contributed by atoms with Gasteiger partial charge in [0.2, 0.25) is 0 Å². The van der Waals surface area contributed by atoms with E-state index >= 15 is 0 Å². The molecule has 1 rings (SSSR count). The Kier molecular flexibility index (Phi) is 3.15. The first-order valence-corrected chi connectivity index (χ1v) is 8.20. The fraction of sp³-hybridized carbons (Fsp3) is 0.333. The Balaban J connectivity index is 3.51. The van der Waals surface area contributed by atoms with Crippen LogP contribution in [0.15, 0.2) is 6.20 Å². The summed E-state index contributed by atoms with van der Waals surface area (Å²) in [6.07, 6.45) is 0.948. The van der Waals surface area contributed by atoms with E-state index in [-0.39, 0.29) is 10.3 Å². The molecule has 0 fully saturated rings. The fourth-order valence-corrected chi connectivity index (χ4v) is 3.71. The fourth-order valence-electron chi connectivity index (χ4n) is 1.26. The Morgan fingerprint density at radius 1 is 1.53 bits per heavy atom. The van der Waals surface area contributed by atoms with Crippen LogP contribution in [0.2, 0.25) is 24.8 Å². The number of aromatic carboxylic acids is 1. The maximum absolute atomic E-state index is 13.8. The van der Waals surface area contributed by atoms with Crippen molar-refractivity contribution in [2.24, 2.45) is 0 Å². The second-order valence-corrected chi connectivity index (χ2v) is 9.56. The molecule has 1 aromatic heterocycles. The summed E-state index contributed by atoms with van der Waals surface area (Å²) in [5.74, 6) is -2.07. The van der Waals surface area contributed by atoms with Crippen LogP contribution in [0, 0.1) is 5.82 Å². The molecule has 0 aliphatic carbocycles. The van der Waals surface area contributed by atoms with Gasteiger partial charge in [-0.2, -0.15) is 0 Å². The van der Waals surface area contributed by atoms with Crippen molar-refractivity contribution in [1.29, 1.82) is 0 Å². The normalized spacial score (nSPS) is 11.5. The molecule has 0 radical (unpaired) electrons. The Labute approximate surface area is 92.9 Å². The molecule has 0 aliphatic heterocycles. The zero-order chi connectivity index (χ0) is 11.8. The molecular weight excluding hydrogens is 237 g/mol. The van der Waals surface area contributed by atoms with Crippen LogP contribution in [-0.4, -0.2) is 24.1 Å². The van der Waals surface area contributed by atoms with Gasteiger partial charge in [0.15, 0.2) is 0 Å². The van der Waals surface area contributed by atoms with Gasteiger partial charge in [-0.3, -0.25) is 0 Å². The summed E-state index contributed by atoms with van der Waals surface area (Å²) in [6, 6.07) is 0. The molecule has 1 heterocycles. The van der Waals surface area contributed by atoms with Crippen molar-refractivity contribution in [1.82, 2.24) is 4.98 Å². The predicted molar refractivity (Wildman–Crippen MR) is 59.1 cm³/mol. The summed E-state index contributed by atoms with van der Waals surface area (Å²) in [6.45, 7) is 5.64. The lowest BCUT2D eigenvalue weighted by molar-refractivity contribution is 0.0691. The largest absolute Gasteiger partial charge is 0.478 e. The van der Waals surface area contributed by atoms with E-state index < -0.39 is 25.4 Å². The molecule has 1 aromatic rings. The molecule has 6 heteroatoms. The maximum atomic E-state index is 13.8. The summed E-state index contributed by atoms with van der Waals surface area (Å²) in [5.41, 5.74) is -0.420. The zero-order valence-electron chi connectivity index (χ0n) is 8.64. The van der Waals surface area contributed by atoms with Crippen LogP contribution in [-0.2, 0) is 0 Å². The topological polar surface area (TPSA) is 50.2 Å². The van der Waals surface area contributed by atoms with E-state index in [9.17, 15) is 9.18 Å². The number of nitrogens with zero attached hydrogens (tertiary/aromatic N) is 1. The highest BCUT2D eigenvalue weighted by Crippen LogP contribution is 2.15.